The Morgan fingerprint density at radius 2 is 1.95 bits per heavy atom. The van der Waals surface area contributed by atoms with Crippen LogP contribution in [-0.2, 0) is 0 Å². The van der Waals surface area contributed by atoms with Crippen molar-refractivity contribution >= 4 is 21.6 Å². The Labute approximate surface area is 127 Å². The molecule has 0 fully saturated rings. The van der Waals surface area contributed by atoms with Gasteiger partial charge in [-0.15, -0.1) is 0 Å². The average Bonchev–Trinajstić information content (AvgIpc) is 2.37. The predicted molar refractivity (Wildman–Crippen MR) is 83.9 cm³/mol. The van der Waals surface area contributed by atoms with E-state index in [4.69, 9.17) is 4.74 Å². The van der Waals surface area contributed by atoms with Gasteiger partial charge < -0.3 is 10.1 Å². The zero-order chi connectivity index (χ0) is 14.7. The van der Waals surface area contributed by atoms with Gasteiger partial charge in [0.2, 0.25) is 0 Å². The van der Waals surface area contributed by atoms with Crippen molar-refractivity contribution < 1.29 is 9.13 Å². The summed E-state index contributed by atoms with van der Waals surface area (Å²) in [6, 6.07) is 11.1. The van der Waals surface area contributed by atoms with Crippen LogP contribution in [0.25, 0.3) is 0 Å². The Balaban J connectivity index is 2.21. The molecule has 20 heavy (non-hydrogen) atoms. The van der Waals surface area contributed by atoms with Crippen LogP contribution < -0.4 is 10.1 Å². The highest BCUT2D eigenvalue weighted by atomic mass is 79.9. The number of halogens is 2. The first kappa shape index (κ1) is 14.9. The van der Waals surface area contributed by atoms with Crippen LogP contribution in [0.5, 0.6) is 5.75 Å². The maximum absolute atomic E-state index is 13.4. The van der Waals surface area contributed by atoms with Crippen molar-refractivity contribution in [2.24, 2.45) is 0 Å². The third-order valence-corrected chi connectivity index (χ3v) is 3.56. The molecule has 0 aromatic heterocycles. The molecule has 0 amide bonds. The third kappa shape index (κ3) is 3.51. The number of hydrogen-bond acceptors (Lipinski definition) is 2. The van der Waals surface area contributed by atoms with Crippen molar-refractivity contribution in [3.63, 3.8) is 0 Å². The predicted octanol–water partition coefficient (Wildman–Crippen LogP) is 5.08. The molecule has 2 rings (SSSR count). The van der Waals surface area contributed by atoms with E-state index >= 15 is 0 Å². The van der Waals surface area contributed by atoms with E-state index in [-0.39, 0.29) is 17.6 Å². The molecule has 0 radical (unpaired) electrons. The van der Waals surface area contributed by atoms with E-state index in [1.54, 1.807) is 12.1 Å². The molecule has 2 nitrogen and oxygen atoms in total. The van der Waals surface area contributed by atoms with Crippen molar-refractivity contribution in [3.05, 3.63) is 57.8 Å². The van der Waals surface area contributed by atoms with Gasteiger partial charge >= 0.3 is 0 Å². The molecule has 0 saturated heterocycles. The van der Waals surface area contributed by atoms with Crippen molar-refractivity contribution in [1.29, 1.82) is 0 Å². The summed E-state index contributed by atoms with van der Waals surface area (Å²) in [6.07, 6.45) is 0. The van der Waals surface area contributed by atoms with E-state index in [0.717, 1.165) is 15.7 Å². The van der Waals surface area contributed by atoms with E-state index < -0.39 is 0 Å². The van der Waals surface area contributed by atoms with Gasteiger partial charge in [0.25, 0.3) is 0 Å². The highest BCUT2D eigenvalue weighted by Crippen LogP contribution is 2.27. The fourth-order valence-corrected chi connectivity index (χ4v) is 2.71. The molecule has 1 N–H and O–H groups in total. The molecule has 0 heterocycles. The van der Waals surface area contributed by atoms with Gasteiger partial charge in [0.05, 0.1) is 7.11 Å². The average molecular weight is 338 g/mol. The second-order valence-electron chi connectivity index (χ2n) is 4.78. The first-order valence-corrected chi connectivity index (χ1v) is 7.16. The molecular formula is C16H17BrFNO. The zero-order valence-electron chi connectivity index (χ0n) is 11.7. The number of benzene rings is 2. The van der Waals surface area contributed by atoms with Crippen LogP contribution >= 0.6 is 15.9 Å². The van der Waals surface area contributed by atoms with Gasteiger partial charge in [-0.05, 0) is 55.3 Å². The summed E-state index contributed by atoms with van der Waals surface area (Å²) >= 11 is 3.48. The van der Waals surface area contributed by atoms with Crippen LogP contribution in [0.2, 0.25) is 0 Å². The summed E-state index contributed by atoms with van der Waals surface area (Å²) < 4.78 is 19.5. The van der Waals surface area contributed by atoms with E-state index in [2.05, 4.69) is 33.4 Å². The Bertz CT molecular complexity index is 595. The lowest BCUT2D eigenvalue weighted by atomic mass is 10.1. The summed E-state index contributed by atoms with van der Waals surface area (Å²) in [5, 5.41) is 3.40. The minimum Gasteiger partial charge on any atom is -0.494 e. The van der Waals surface area contributed by atoms with Crippen LogP contribution in [0.1, 0.15) is 24.1 Å². The summed E-state index contributed by atoms with van der Waals surface area (Å²) in [4.78, 5) is 0. The lowest BCUT2D eigenvalue weighted by molar-refractivity contribution is 0.385. The number of ether oxygens (including phenoxy) is 1. The SMILES string of the molecule is COc1cc(C(C)Nc2cc(C)cc(Br)c2)ccc1F. The molecule has 4 heteroatoms. The maximum Gasteiger partial charge on any atom is 0.165 e. The van der Waals surface area contributed by atoms with Crippen molar-refractivity contribution in [2.45, 2.75) is 19.9 Å². The summed E-state index contributed by atoms with van der Waals surface area (Å²) in [5.74, 6) is -0.0803. The number of rotatable bonds is 4. The van der Waals surface area contributed by atoms with Gasteiger partial charge in [0, 0.05) is 16.2 Å². The van der Waals surface area contributed by atoms with E-state index in [1.807, 2.05) is 19.9 Å². The minimum absolute atomic E-state index is 0.0539. The molecule has 1 atom stereocenters. The highest BCUT2D eigenvalue weighted by Gasteiger charge is 2.10. The van der Waals surface area contributed by atoms with Crippen LogP contribution in [0, 0.1) is 12.7 Å². The quantitative estimate of drug-likeness (QED) is 0.840. The molecule has 0 aliphatic heterocycles. The number of anilines is 1. The fourth-order valence-electron chi connectivity index (χ4n) is 2.10. The van der Waals surface area contributed by atoms with Gasteiger partial charge in [0.1, 0.15) is 0 Å². The Kier molecular flexibility index (Phi) is 4.65. The normalized spacial score (nSPS) is 12.1. The molecule has 0 aliphatic rings. The monoisotopic (exact) mass is 337 g/mol. The number of nitrogens with one attached hydrogen (secondary N) is 1. The third-order valence-electron chi connectivity index (χ3n) is 3.10. The van der Waals surface area contributed by atoms with Crippen LogP contribution in [-0.4, -0.2) is 7.11 Å². The smallest absolute Gasteiger partial charge is 0.165 e. The Morgan fingerprint density at radius 1 is 1.20 bits per heavy atom. The molecule has 106 valence electrons. The lowest BCUT2D eigenvalue weighted by Crippen LogP contribution is -2.07. The summed E-state index contributed by atoms with van der Waals surface area (Å²) in [5.41, 5.74) is 3.17. The molecule has 0 bridgehead atoms. The van der Waals surface area contributed by atoms with Gasteiger partial charge in [-0.1, -0.05) is 22.0 Å². The lowest BCUT2D eigenvalue weighted by Gasteiger charge is -2.17. The van der Waals surface area contributed by atoms with Gasteiger partial charge in [-0.25, -0.2) is 4.39 Å². The van der Waals surface area contributed by atoms with Crippen LogP contribution in [0.3, 0.4) is 0 Å². The summed E-state index contributed by atoms with van der Waals surface area (Å²) in [7, 11) is 1.47. The second kappa shape index (κ2) is 6.27. The second-order valence-corrected chi connectivity index (χ2v) is 5.69. The summed E-state index contributed by atoms with van der Waals surface area (Å²) in [6.45, 7) is 4.07. The standard InChI is InChI=1S/C16H17BrFNO/c1-10-6-13(17)9-14(7-10)19-11(2)12-4-5-15(18)16(8-12)20-3/h4-9,11,19H,1-3H3. The van der Waals surface area contributed by atoms with Crippen molar-refractivity contribution in [2.75, 3.05) is 12.4 Å². The first-order valence-electron chi connectivity index (χ1n) is 6.37. The highest BCUT2D eigenvalue weighted by molar-refractivity contribution is 9.10. The van der Waals surface area contributed by atoms with E-state index in [0.29, 0.717) is 0 Å². The van der Waals surface area contributed by atoms with Crippen molar-refractivity contribution in [1.82, 2.24) is 0 Å². The number of aryl methyl sites for hydroxylation is 1. The van der Waals surface area contributed by atoms with E-state index in [1.165, 1.54) is 18.7 Å². The van der Waals surface area contributed by atoms with Gasteiger partial charge in [-0.2, -0.15) is 0 Å². The van der Waals surface area contributed by atoms with Crippen LogP contribution in [0.4, 0.5) is 10.1 Å². The van der Waals surface area contributed by atoms with Gasteiger partial charge in [-0.3, -0.25) is 0 Å². The molecule has 2 aromatic carbocycles. The van der Waals surface area contributed by atoms with Gasteiger partial charge in [0.15, 0.2) is 11.6 Å². The van der Waals surface area contributed by atoms with E-state index in [9.17, 15) is 4.39 Å². The largest absolute Gasteiger partial charge is 0.494 e. The topological polar surface area (TPSA) is 21.3 Å². The number of methoxy groups -OCH3 is 1. The fraction of sp³-hybridized carbons (Fsp3) is 0.250. The molecule has 0 aliphatic carbocycles. The molecule has 0 spiro atoms. The molecule has 1 unspecified atom stereocenters. The molecule has 2 aromatic rings. The zero-order valence-corrected chi connectivity index (χ0v) is 13.3. The minimum atomic E-state index is -0.346. The first-order chi connectivity index (χ1) is 9.49. The van der Waals surface area contributed by atoms with Crippen molar-refractivity contribution in [3.8, 4) is 5.75 Å². The van der Waals surface area contributed by atoms with Crippen LogP contribution in [0.15, 0.2) is 40.9 Å². The molecular weight excluding hydrogens is 321 g/mol. The Morgan fingerprint density at radius 3 is 2.60 bits per heavy atom. The number of hydrogen-bond donors (Lipinski definition) is 1. The Hall–Kier alpha value is -1.55. The maximum atomic E-state index is 13.4. The molecule has 0 saturated carbocycles.